The smallest absolute Gasteiger partial charge is 0.302 e. The number of aliphatic imine (C=N–C) groups is 1. The third kappa shape index (κ3) is 9.30. The predicted molar refractivity (Wildman–Crippen MR) is 78.1 cm³/mol. The molecule has 2 rings (SSSR count). The van der Waals surface area contributed by atoms with Gasteiger partial charge in [0.05, 0.1) is 5.69 Å². The summed E-state index contributed by atoms with van der Waals surface area (Å²) >= 11 is 0. The molecule has 0 atom stereocenters. The maximum absolute atomic E-state index is 8.63. The summed E-state index contributed by atoms with van der Waals surface area (Å²) in [6.45, 7) is 0. The van der Waals surface area contributed by atoms with Crippen molar-refractivity contribution < 1.29 is 22.8 Å². The van der Waals surface area contributed by atoms with Crippen molar-refractivity contribution >= 4 is 27.7 Å². The number of hydrogen-bond acceptors (Lipinski definition) is 4. The Bertz CT molecular complexity index is 665. The lowest BCUT2D eigenvalue weighted by molar-refractivity contribution is -0.445. The molecule has 0 aromatic heterocycles. The number of nitrogens with zero attached hydrogens (tertiary/aromatic N) is 1. The van der Waals surface area contributed by atoms with Gasteiger partial charge in [-0.1, -0.05) is 36.4 Å². The van der Waals surface area contributed by atoms with Gasteiger partial charge < -0.3 is 10.3 Å². The summed E-state index contributed by atoms with van der Waals surface area (Å²) in [5.74, 6) is 0.511. The van der Waals surface area contributed by atoms with Gasteiger partial charge in [-0.2, -0.15) is 4.99 Å². The number of para-hydroxylation sites is 2. The minimum atomic E-state index is -4.92. The van der Waals surface area contributed by atoms with E-state index in [1.165, 1.54) is 0 Å². The molecule has 0 fully saturated rings. The van der Waals surface area contributed by atoms with Crippen molar-refractivity contribution in [1.82, 2.24) is 0 Å². The van der Waals surface area contributed by atoms with Crippen LogP contribution in [0.2, 0.25) is 0 Å². The topological polar surface area (TPSA) is 132 Å². The lowest BCUT2D eigenvalue weighted by Crippen LogP contribution is -2.85. The highest BCUT2D eigenvalue weighted by Gasteiger charge is 1.99. The second kappa shape index (κ2) is 8.12. The van der Waals surface area contributed by atoms with Crippen LogP contribution in [0.25, 0.3) is 0 Å². The Hall–Kier alpha value is -2.26. The Balaban J connectivity index is 0.000000383. The quantitative estimate of drug-likeness (QED) is 0.245. The molecule has 8 heteroatoms. The maximum atomic E-state index is 8.63. The van der Waals surface area contributed by atoms with Crippen molar-refractivity contribution in [2.45, 2.75) is 0 Å². The van der Waals surface area contributed by atoms with Crippen molar-refractivity contribution in [3.8, 4) is 0 Å². The van der Waals surface area contributed by atoms with Crippen LogP contribution in [0.3, 0.4) is 0 Å². The fraction of sp³-hybridized carbons (Fsp3) is 0. The van der Waals surface area contributed by atoms with E-state index in [-0.39, 0.29) is 0 Å². The first-order valence-corrected chi connectivity index (χ1v) is 7.18. The minimum absolute atomic E-state index is 0.511. The molecule has 0 aliphatic carbocycles. The monoisotopic (exact) mass is 309 g/mol. The molecule has 2 aromatic carbocycles. The van der Waals surface area contributed by atoms with Crippen LogP contribution >= 0.6 is 0 Å². The van der Waals surface area contributed by atoms with Crippen LogP contribution in [-0.2, 0) is 10.4 Å². The first-order valence-electron chi connectivity index (χ1n) is 5.82. The van der Waals surface area contributed by atoms with Gasteiger partial charge in [-0.3, -0.25) is 4.55 Å². The standard InChI is InChI=1S/C13H13N3.H2O4S/c14-13(15-11-7-3-1-4-8-11)16-12-9-5-2-6-10-12;1-5(2,3)4/h1-10H,(H3,14,15,16);(H2,1,2,3,4). The third-order valence-corrected chi connectivity index (χ3v) is 2.13. The average Bonchev–Trinajstić information content (AvgIpc) is 2.39. The molecule has 21 heavy (non-hydrogen) atoms. The van der Waals surface area contributed by atoms with Crippen molar-refractivity contribution in [1.29, 1.82) is 0 Å². The summed E-state index contributed by atoms with van der Waals surface area (Å²) in [6, 6.07) is 19.6. The highest BCUT2D eigenvalue weighted by atomic mass is 32.3. The van der Waals surface area contributed by atoms with Gasteiger partial charge in [-0.05, 0) is 24.3 Å². The normalized spacial score (nSPS) is 11.4. The number of hydrogen-bond donors (Lipinski definition) is 3. The van der Waals surface area contributed by atoms with Gasteiger partial charge in [0.2, 0.25) is 10.4 Å². The van der Waals surface area contributed by atoms with E-state index < -0.39 is 10.4 Å². The molecule has 0 aliphatic rings. The van der Waals surface area contributed by atoms with E-state index in [4.69, 9.17) is 23.3 Å². The molecule has 7 nitrogen and oxygen atoms in total. The highest BCUT2D eigenvalue weighted by molar-refractivity contribution is 7.79. The maximum Gasteiger partial charge on any atom is 0.302 e. The average molecular weight is 309 g/mol. The van der Waals surface area contributed by atoms with Crippen LogP contribution in [0.4, 0.5) is 11.4 Å². The van der Waals surface area contributed by atoms with Crippen molar-refractivity contribution in [2.24, 2.45) is 10.7 Å². The second-order valence-corrected chi connectivity index (χ2v) is 4.71. The Morgan fingerprint density at radius 3 is 1.95 bits per heavy atom. The third-order valence-electron chi connectivity index (χ3n) is 2.13. The Kier molecular flexibility index (Phi) is 6.50. The van der Waals surface area contributed by atoms with Crippen molar-refractivity contribution in [3.63, 3.8) is 0 Å². The Morgan fingerprint density at radius 2 is 1.48 bits per heavy atom. The van der Waals surface area contributed by atoms with Gasteiger partial charge in [-0.15, -0.1) is 0 Å². The van der Waals surface area contributed by atoms with Crippen LogP contribution in [-0.4, -0.2) is 23.5 Å². The second-order valence-electron chi connectivity index (χ2n) is 3.85. The molecule has 5 N–H and O–H groups in total. The fourth-order valence-corrected chi connectivity index (χ4v) is 1.40. The van der Waals surface area contributed by atoms with Gasteiger partial charge >= 0.3 is 5.96 Å². The number of quaternary nitrogens is 1. The molecule has 0 radical (unpaired) electrons. The van der Waals surface area contributed by atoms with Crippen LogP contribution in [0.5, 0.6) is 0 Å². The largest absolute Gasteiger partial charge is 0.726 e. The van der Waals surface area contributed by atoms with Crippen LogP contribution in [0.15, 0.2) is 65.7 Å². The summed E-state index contributed by atoms with van der Waals surface area (Å²) in [5, 5.41) is 1.85. The van der Waals surface area contributed by atoms with Gasteiger partial charge in [0.25, 0.3) is 0 Å². The van der Waals surface area contributed by atoms with E-state index in [0.717, 1.165) is 11.4 Å². The Morgan fingerprint density at radius 1 is 1.05 bits per heavy atom. The number of rotatable bonds is 2. The molecule has 112 valence electrons. The van der Waals surface area contributed by atoms with Crippen molar-refractivity contribution in [3.05, 3.63) is 60.7 Å². The summed E-state index contributed by atoms with van der Waals surface area (Å²) < 4.78 is 32.8. The lowest BCUT2D eigenvalue weighted by atomic mass is 10.3. The van der Waals surface area contributed by atoms with E-state index in [9.17, 15) is 0 Å². The van der Waals surface area contributed by atoms with E-state index >= 15 is 0 Å². The fourth-order valence-electron chi connectivity index (χ4n) is 1.40. The minimum Gasteiger partial charge on any atom is -0.726 e. The van der Waals surface area contributed by atoms with Gasteiger partial charge in [0, 0.05) is 0 Å². The predicted octanol–water partition coefficient (Wildman–Crippen LogP) is 0.533. The van der Waals surface area contributed by atoms with Crippen molar-refractivity contribution in [2.75, 3.05) is 0 Å². The molecule has 0 aliphatic heterocycles. The first kappa shape index (κ1) is 16.8. The Labute approximate surface area is 122 Å². The van der Waals surface area contributed by atoms with Gasteiger partial charge in [-0.25, -0.2) is 13.7 Å². The van der Waals surface area contributed by atoms with E-state index in [2.05, 4.69) is 4.99 Å². The molecule has 0 amide bonds. The van der Waals surface area contributed by atoms with E-state index in [0.29, 0.717) is 5.96 Å². The molecule has 0 saturated heterocycles. The summed E-state index contributed by atoms with van der Waals surface area (Å²) in [4.78, 5) is 4.29. The highest BCUT2D eigenvalue weighted by Crippen LogP contribution is 2.08. The molecular formula is C13H15N3O4S. The van der Waals surface area contributed by atoms with Crippen LogP contribution in [0, 0.1) is 0 Å². The molecule has 0 heterocycles. The molecule has 0 saturated carbocycles. The van der Waals surface area contributed by atoms with E-state index in [1.807, 2.05) is 66.0 Å². The zero-order valence-electron chi connectivity index (χ0n) is 11.0. The van der Waals surface area contributed by atoms with Crippen LogP contribution in [0.1, 0.15) is 0 Å². The molecule has 0 unspecified atom stereocenters. The molecular weight excluding hydrogens is 294 g/mol. The SMILES string of the molecule is NC(=Nc1ccccc1)[NH2+]c1ccccc1.O=S(=O)([O-])O. The zero-order chi connectivity index (χ0) is 15.7. The van der Waals surface area contributed by atoms with Crippen LogP contribution < -0.4 is 11.1 Å². The van der Waals surface area contributed by atoms with Gasteiger partial charge in [0.15, 0.2) is 0 Å². The summed E-state index contributed by atoms with van der Waals surface area (Å²) in [6.07, 6.45) is 0. The molecule has 0 spiro atoms. The van der Waals surface area contributed by atoms with Gasteiger partial charge in [0.1, 0.15) is 5.69 Å². The molecule has 2 aromatic rings. The summed E-state index contributed by atoms with van der Waals surface area (Å²) in [5.41, 5.74) is 7.76. The number of guanidine groups is 1. The first-order chi connectivity index (χ1) is 9.84. The molecule has 0 bridgehead atoms. The zero-order valence-corrected chi connectivity index (χ0v) is 11.8. The summed E-state index contributed by atoms with van der Waals surface area (Å²) in [7, 11) is -4.92. The lowest BCUT2D eigenvalue weighted by Gasteiger charge is -1.98. The number of benzene rings is 2. The van der Waals surface area contributed by atoms with E-state index in [1.54, 1.807) is 0 Å². The number of nitrogens with two attached hydrogens (primary N) is 2.